The second-order valence-electron chi connectivity index (χ2n) is 8.30. The topological polar surface area (TPSA) is 51.2 Å². The van der Waals surface area contributed by atoms with Crippen LogP contribution in [0.4, 0.5) is 0 Å². The molecule has 1 N–H and O–H groups in total. The fourth-order valence-electron chi connectivity index (χ4n) is 3.12. The van der Waals surface area contributed by atoms with E-state index >= 15 is 0 Å². The Balaban J connectivity index is 1.53. The summed E-state index contributed by atoms with van der Waals surface area (Å²) in [5.41, 5.74) is 1.78. The second kappa shape index (κ2) is 13.9. The van der Waals surface area contributed by atoms with Gasteiger partial charge in [-0.25, -0.2) is 4.98 Å². The summed E-state index contributed by atoms with van der Waals surface area (Å²) in [6.45, 7) is 7.52. The molecule has 5 heteroatoms. The van der Waals surface area contributed by atoms with Gasteiger partial charge in [0.25, 0.3) is 0 Å². The third-order valence-corrected chi connectivity index (χ3v) is 5.14. The monoisotopic (exact) mass is 442 g/mol. The van der Waals surface area contributed by atoms with Gasteiger partial charge in [-0.05, 0) is 49.8 Å². The van der Waals surface area contributed by atoms with E-state index in [0.29, 0.717) is 30.0 Å². The van der Waals surface area contributed by atoms with Crippen LogP contribution >= 0.6 is 11.6 Å². The SMILES string of the molecule is CC(C=CCCCCCCCOc1ccc2cccc(Cl)c2n1)=CC(=O)NCC(C)C. The standard InChI is InChI=1S/C26H35ClN2O2/c1-20(2)19-28-24(30)18-21(3)12-9-7-5-4-6-8-10-17-31-25-16-15-22-13-11-14-23(27)26(22)29-25/h9,11-16,18,20H,4-8,10,17,19H2,1-3H3,(H,28,30). The lowest BCUT2D eigenvalue weighted by Crippen LogP contribution is -2.25. The van der Waals surface area contributed by atoms with Crippen LogP contribution in [0.25, 0.3) is 10.9 Å². The molecule has 31 heavy (non-hydrogen) atoms. The van der Waals surface area contributed by atoms with Crippen LogP contribution in [0.3, 0.4) is 0 Å². The third kappa shape index (κ3) is 10.0. The van der Waals surface area contributed by atoms with Gasteiger partial charge in [0.2, 0.25) is 11.8 Å². The molecule has 1 aromatic heterocycles. The second-order valence-corrected chi connectivity index (χ2v) is 8.70. The van der Waals surface area contributed by atoms with Crippen LogP contribution in [0.15, 0.2) is 54.1 Å². The molecular formula is C26H35ClN2O2. The molecule has 0 aliphatic heterocycles. The first kappa shape index (κ1) is 24.9. The van der Waals surface area contributed by atoms with E-state index in [1.165, 1.54) is 12.8 Å². The molecule has 1 heterocycles. The van der Waals surface area contributed by atoms with E-state index in [-0.39, 0.29) is 5.91 Å². The zero-order valence-corrected chi connectivity index (χ0v) is 19.8. The predicted octanol–water partition coefficient (Wildman–Crippen LogP) is 6.88. The van der Waals surface area contributed by atoms with Gasteiger partial charge >= 0.3 is 0 Å². The number of fused-ring (bicyclic) bond motifs is 1. The molecule has 2 rings (SSSR count). The molecule has 168 valence electrons. The summed E-state index contributed by atoms with van der Waals surface area (Å²) >= 11 is 6.20. The van der Waals surface area contributed by atoms with Gasteiger partial charge < -0.3 is 10.1 Å². The molecule has 0 saturated carbocycles. The number of unbranched alkanes of at least 4 members (excludes halogenated alkanes) is 5. The lowest BCUT2D eigenvalue weighted by atomic mass is 10.1. The smallest absolute Gasteiger partial charge is 0.244 e. The van der Waals surface area contributed by atoms with E-state index < -0.39 is 0 Å². The van der Waals surface area contributed by atoms with Crippen LogP contribution in [-0.4, -0.2) is 24.0 Å². The van der Waals surface area contributed by atoms with Gasteiger partial charge in [0.15, 0.2) is 0 Å². The van der Waals surface area contributed by atoms with Gasteiger partial charge in [0, 0.05) is 24.1 Å². The zero-order valence-electron chi connectivity index (χ0n) is 19.0. The summed E-state index contributed by atoms with van der Waals surface area (Å²) < 4.78 is 5.78. The van der Waals surface area contributed by atoms with E-state index in [9.17, 15) is 4.79 Å². The highest BCUT2D eigenvalue weighted by atomic mass is 35.5. The van der Waals surface area contributed by atoms with Gasteiger partial charge in [0.1, 0.15) is 0 Å². The summed E-state index contributed by atoms with van der Waals surface area (Å²) in [4.78, 5) is 16.2. The Morgan fingerprint density at radius 1 is 1.13 bits per heavy atom. The number of halogens is 1. The molecule has 1 amide bonds. The number of rotatable bonds is 13. The highest BCUT2D eigenvalue weighted by Crippen LogP contribution is 2.23. The zero-order chi connectivity index (χ0) is 22.5. The molecule has 0 aliphatic carbocycles. The number of para-hydroxylation sites is 1. The number of hydrogen-bond acceptors (Lipinski definition) is 3. The molecule has 0 radical (unpaired) electrons. The molecule has 2 aromatic rings. The first-order valence-corrected chi connectivity index (χ1v) is 11.6. The van der Waals surface area contributed by atoms with Crippen molar-refractivity contribution in [2.75, 3.05) is 13.2 Å². The van der Waals surface area contributed by atoms with Crippen LogP contribution in [0.2, 0.25) is 5.02 Å². The minimum atomic E-state index is -0.0138. The number of carbonyl (C=O) groups excluding carboxylic acids is 1. The van der Waals surface area contributed by atoms with Crippen molar-refractivity contribution in [2.45, 2.75) is 59.3 Å². The summed E-state index contributed by atoms with van der Waals surface area (Å²) in [6, 6.07) is 9.66. The van der Waals surface area contributed by atoms with Crippen molar-refractivity contribution in [3.63, 3.8) is 0 Å². The fraction of sp³-hybridized carbons (Fsp3) is 0.462. The number of hydrogen-bond donors (Lipinski definition) is 1. The lowest BCUT2D eigenvalue weighted by Gasteiger charge is -2.07. The number of pyridine rings is 1. The molecule has 1 aromatic carbocycles. The fourth-order valence-corrected chi connectivity index (χ4v) is 3.35. The number of aromatic nitrogens is 1. The normalized spacial score (nSPS) is 12.1. The highest BCUT2D eigenvalue weighted by Gasteiger charge is 2.03. The maximum atomic E-state index is 11.7. The molecule has 0 bridgehead atoms. The van der Waals surface area contributed by atoms with Gasteiger partial charge in [-0.15, -0.1) is 0 Å². The molecule has 0 unspecified atom stereocenters. The Labute approximate surface area is 191 Å². The number of amides is 1. The van der Waals surface area contributed by atoms with Crippen molar-refractivity contribution in [3.05, 3.63) is 59.2 Å². The summed E-state index contributed by atoms with van der Waals surface area (Å²) in [5.74, 6) is 1.08. The number of nitrogens with one attached hydrogen (secondary N) is 1. The molecule has 4 nitrogen and oxygen atoms in total. The summed E-state index contributed by atoms with van der Waals surface area (Å²) in [7, 11) is 0. The number of allylic oxidation sites excluding steroid dienone is 3. The van der Waals surface area contributed by atoms with E-state index in [4.69, 9.17) is 16.3 Å². The Morgan fingerprint density at radius 3 is 2.71 bits per heavy atom. The molecule has 0 aliphatic rings. The van der Waals surface area contributed by atoms with Gasteiger partial charge in [-0.3, -0.25) is 4.79 Å². The van der Waals surface area contributed by atoms with Crippen molar-refractivity contribution in [1.29, 1.82) is 0 Å². The minimum Gasteiger partial charge on any atom is -0.478 e. The van der Waals surface area contributed by atoms with Crippen molar-refractivity contribution in [1.82, 2.24) is 10.3 Å². The van der Waals surface area contributed by atoms with Crippen molar-refractivity contribution < 1.29 is 9.53 Å². The van der Waals surface area contributed by atoms with Gasteiger partial charge in [0.05, 0.1) is 17.1 Å². The summed E-state index contributed by atoms with van der Waals surface area (Å²) in [6.07, 6.45) is 12.6. The predicted molar refractivity (Wildman–Crippen MR) is 131 cm³/mol. The van der Waals surface area contributed by atoms with Crippen molar-refractivity contribution >= 4 is 28.4 Å². The average molecular weight is 443 g/mol. The van der Waals surface area contributed by atoms with Crippen LogP contribution in [0, 0.1) is 5.92 Å². The molecule has 0 atom stereocenters. The van der Waals surface area contributed by atoms with Gasteiger partial charge in [-0.2, -0.15) is 0 Å². The van der Waals surface area contributed by atoms with Crippen molar-refractivity contribution in [2.24, 2.45) is 5.92 Å². The quantitative estimate of drug-likeness (QED) is 0.209. The number of ether oxygens (including phenoxy) is 1. The van der Waals surface area contributed by atoms with Gasteiger partial charge in [-0.1, -0.05) is 69.0 Å². The maximum Gasteiger partial charge on any atom is 0.244 e. The molecule has 0 spiro atoms. The first-order chi connectivity index (χ1) is 15.0. The number of carbonyl (C=O) groups is 1. The maximum absolute atomic E-state index is 11.7. The molecular weight excluding hydrogens is 408 g/mol. The largest absolute Gasteiger partial charge is 0.478 e. The van der Waals surface area contributed by atoms with E-state index in [0.717, 1.165) is 42.2 Å². The molecule has 0 saturated heterocycles. The lowest BCUT2D eigenvalue weighted by molar-refractivity contribution is -0.116. The van der Waals surface area contributed by atoms with Crippen molar-refractivity contribution in [3.8, 4) is 5.88 Å². The Kier molecular flexibility index (Phi) is 11.2. The van der Waals surface area contributed by atoms with E-state index in [2.05, 4.69) is 30.2 Å². The number of nitrogens with zero attached hydrogens (tertiary/aromatic N) is 1. The van der Waals surface area contributed by atoms with Crippen LogP contribution in [0.5, 0.6) is 5.88 Å². The Morgan fingerprint density at radius 2 is 1.90 bits per heavy atom. The average Bonchev–Trinajstić information content (AvgIpc) is 2.74. The summed E-state index contributed by atoms with van der Waals surface area (Å²) in [5, 5.41) is 4.57. The van der Waals surface area contributed by atoms with Crippen LogP contribution < -0.4 is 10.1 Å². The third-order valence-electron chi connectivity index (χ3n) is 4.83. The molecule has 0 fully saturated rings. The van der Waals surface area contributed by atoms with Crippen LogP contribution in [0.1, 0.15) is 59.3 Å². The van der Waals surface area contributed by atoms with Crippen LogP contribution in [-0.2, 0) is 4.79 Å². The minimum absolute atomic E-state index is 0.0138. The number of benzene rings is 1. The Bertz CT molecular complexity index is 890. The van der Waals surface area contributed by atoms with E-state index in [1.54, 1.807) is 6.08 Å². The first-order valence-electron chi connectivity index (χ1n) is 11.3. The van der Waals surface area contributed by atoms with E-state index in [1.807, 2.05) is 43.3 Å². The Hall–Kier alpha value is -2.33. The highest BCUT2D eigenvalue weighted by molar-refractivity contribution is 6.35.